The number of aryl methyl sites for hydroxylation is 2. The van der Waals surface area contributed by atoms with Gasteiger partial charge in [0.25, 0.3) is 0 Å². The predicted octanol–water partition coefficient (Wildman–Crippen LogP) is 5.00. The number of carboxylic acid groups (broad SMARTS) is 1. The summed E-state index contributed by atoms with van der Waals surface area (Å²) < 4.78 is 0.857. The molecular weight excluding hydrogens is 338 g/mol. The molecule has 1 aromatic heterocycles. The highest BCUT2D eigenvalue weighted by molar-refractivity contribution is 9.10. The van der Waals surface area contributed by atoms with Crippen LogP contribution in [0.3, 0.4) is 0 Å². The van der Waals surface area contributed by atoms with Crippen molar-refractivity contribution < 1.29 is 9.90 Å². The van der Waals surface area contributed by atoms with E-state index in [1.54, 1.807) is 29.5 Å². The third-order valence-electron chi connectivity index (χ3n) is 3.13. The van der Waals surface area contributed by atoms with Gasteiger partial charge in [-0.25, -0.2) is 4.79 Å². The maximum absolute atomic E-state index is 11.3. The lowest BCUT2D eigenvalue weighted by atomic mass is 10.1. The Kier molecular flexibility index (Phi) is 4.50. The molecule has 0 saturated carbocycles. The minimum atomic E-state index is -0.926. The molecule has 2 aromatic rings. The Morgan fingerprint density at radius 3 is 2.60 bits per heavy atom. The molecule has 0 aliphatic carbocycles. The molecule has 2 rings (SSSR count). The summed E-state index contributed by atoms with van der Waals surface area (Å²) in [6.45, 7) is 6.21. The predicted molar refractivity (Wildman–Crippen MR) is 86.9 cm³/mol. The van der Waals surface area contributed by atoms with Gasteiger partial charge in [-0.2, -0.15) is 0 Å². The Balaban J connectivity index is 2.32. The standard InChI is InChI=1S/C15H16BrNO2S/c1-8-6-13(10(3)20-8)9(2)17-14-7-11(16)4-5-12(14)15(18)19/h4-7,9,17H,1-3H3,(H,18,19). The molecule has 1 heterocycles. The van der Waals surface area contributed by atoms with Gasteiger partial charge in [-0.1, -0.05) is 15.9 Å². The molecule has 0 saturated heterocycles. The molecule has 5 heteroatoms. The Labute approximate surface area is 130 Å². The smallest absolute Gasteiger partial charge is 0.337 e. The van der Waals surface area contributed by atoms with E-state index in [4.69, 9.17) is 0 Å². The van der Waals surface area contributed by atoms with Crippen LogP contribution in [0.5, 0.6) is 0 Å². The van der Waals surface area contributed by atoms with Gasteiger partial charge < -0.3 is 10.4 Å². The number of anilines is 1. The molecule has 0 aliphatic heterocycles. The first-order valence-electron chi connectivity index (χ1n) is 6.25. The van der Waals surface area contributed by atoms with Crippen LogP contribution >= 0.6 is 27.3 Å². The van der Waals surface area contributed by atoms with Gasteiger partial charge in [-0.05, 0) is 50.6 Å². The van der Waals surface area contributed by atoms with Crippen molar-refractivity contribution in [2.45, 2.75) is 26.8 Å². The molecule has 0 radical (unpaired) electrons. The van der Waals surface area contributed by atoms with Gasteiger partial charge in [0.1, 0.15) is 0 Å². The number of rotatable bonds is 4. The second kappa shape index (κ2) is 5.97. The van der Waals surface area contributed by atoms with Crippen molar-refractivity contribution in [3.8, 4) is 0 Å². The van der Waals surface area contributed by atoms with Crippen molar-refractivity contribution in [2.75, 3.05) is 5.32 Å². The van der Waals surface area contributed by atoms with Crippen LogP contribution in [0.1, 0.15) is 38.6 Å². The molecule has 1 unspecified atom stereocenters. The summed E-state index contributed by atoms with van der Waals surface area (Å²) in [5.41, 5.74) is 2.12. The first kappa shape index (κ1) is 15.1. The molecule has 0 amide bonds. The van der Waals surface area contributed by atoms with E-state index in [0.29, 0.717) is 5.69 Å². The second-order valence-corrected chi connectivity index (χ2v) is 7.11. The fourth-order valence-corrected chi connectivity index (χ4v) is 3.60. The van der Waals surface area contributed by atoms with Crippen molar-refractivity contribution in [1.82, 2.24) is 0 Å². The van der Waals surface area contributed by atoms with Gasteiger partial charge in [0.05, 0.1) is 11.3 Å². The van der Waals surface area contributed by atoms with E-state index in [0.717, 1.165) is 4.47 Å². The number of nitrogens with one attached hydrogen (secondary N) is 1. The topological polar surface area (TPSA) is 49.3 Å². The quantitative estimate of drug-likeness (QED) is 0.812. The first-order chi connectivity index (χ1) is 9.38. The van der Waals surface area contributed by atoms with E-state index < -0.39 is 5.97 Å². The zero-order chi connectivity index (χ0) is 14.9. The molecule has 1 aromatic carbocycles. The van der Waals surface area contributed by atoms with Crippen molar-refractivity contribution in [3.05, 3.63) is 49.6 Å². The summed E-state index contributed by atoms with van der Waals surface area (Å²) in [5, 5.41) is 12.5. The minimum absolute atomic E-state index is 0.0624. The number of hydrogen-bond donors (Lipinski definition) is 2. The van der Waals surface area contributed by atoms with Gasteiger partial charge in [-0.15, -0.1) is 11.3 Å². The largest absolute Gasteiger partial charge is 0.478 e. The molecule has 3 nitrogen and oxygen atoms in total. The number of thiophene rings is 1. The number of halogens is 1. The highest BCUT2D eigenvalue weighted by Crippen LogP contribution is 2.30. The van der Waals surface area contributed by atoms with Crippen molar-refractivity contribution in [1.29, 1.82) is 0 Å². The van der Waals surface area contributed by atoms with Crippen LogP contribution in [-0.2, 0) is 0 Å². The molecule has 0 spiro atoms. The van der Waals surface area contributed by atoms with Crippen LogP contribution in [0.4, 0.5) is 5.69 Å². The molecule has 0 aliphatic rings. The number of carbonyl (C=O) groups is 1. The van der Waals surface area contributed by atoms with Crippen LogP contribution in [0.15, 0.2) is 28.7 Å². The summed E-state index contributed by atoms with van der Waals surface area (Å²) in [6, 6.07) is 7.35. The number of benzene rings is 1. The summed E-state index contributed by atoms with van der Waals surface area (Å²) in [5.74, 6) is -0.926. The van der Waals surface area contributed by atoms with Gasteiger partial charge in [0.15, 0.2) is 0 Å². The van der Waals surface area contributed by atoms with Crippen molar-refractivity contribution in [2.24, 2.45) is 0 Å². The van der Waals surface area contributed by atoms with Crippen LogP contribution in [0, 0.1) is 13.8 Å². The third kappa shape index (κ3) is 3.22. The molecular formula is C15H16BrNO2S. The van der Waals surface area contributed by atoms with E-state index in [9.17, 15) is 9.90 Å². The van der Waals surface area contributed by atoms with Gasteiger partial charge >= 0.3 is 5.97 Å². The van der Waals surface area contributed by atoms with Crippen molar-refractivity contribution >= 4 is 38.9 Å². The Morgan fingerprint density at radius 2 is 2.05 bits per heavy atom. The zero-order valence-corrected chi connectivity index (χ0v) is 13.9. The third-order valence-corrected chi connectivity index (χ3v) is 4.60. The Morgan fingerprint density at radius 1 is 1.35 bits per heavy atom. The Bertz CT molecular complexity index is 651. The highest BCUT2D eigenvalue weighted by Gasteiger charge is 2.15. The minimum Gasteiger partial charge on any atom is -0.478 e. The summed E-state index contributed by atoms with van der Waals surface area (Å²) >= 11 is 5.14. The second-order valence-electron chi connectivity index (χ2n) is 4.73. The molecule has 20 heavy (non-hydrogen) atoms. The van der Waals surface area contributed by atoms with Crippen LogP contribution in [-0.4, -0.2) is 11.1 Å². The monoisotopic (exact) mass is 353 g/mol. The van der Waals surface area contributed by atoms with Gasteiger partial charge in [0, 0.05) is 20.3 Å². The number of carboxylic acids is 1. The summed E-state index contributed by atoms with van der Waals surface area (Å²) in [7, 11) is 0. The molecule has 0 bridgehead atoms. The van der Waals surface area contributed by atoms with Crippen LogP contribution in [0.2, 0.25) is 0 Å². The van der Waals surface area contributed by atoms with Gasteiger partial charge in [0.2, 0.25) is 0 Å². The average Bonchev–Trinajstić information content (AvgIpc) is 2.68. The first-order valence-corrected chi connectivity index (χ1v) is 7.85. The number of aromatic carboxylic acids is 1. The van der Waals surface area contributed by atoms with E-state index in [-0.39, 0.29) is 11.6 Å². The lowest BCUT2D eigenvalue weighted by Gasteiger charge is -2.17. The normalized spacial score (nSPS) is 12.2. The SMILES string of the molecule is Cc1cc(C(C)Nc2cc(Br)ccc2C(=O)O)c(C)s1. The lowest BCUT2D eigenvalue weighted by Crippen LogP contribution is -2.10. The van der Waals surface area contributed by atoms with E-state index in [1.165, 1.54) is 15.3 Å². The van der Waals surface area contributed by atoms with Crippen LogP contribution in [0.25, 0.3) is 0 Å². The zero-order valence-electron chi connectivity index (χ0n) is 11.5. The van der Waals surface area contributed by atoms with E-state index >= 15 is 0 Å². The molecule has 2 N–H and O–H groups in total. The summed E-state index contributed by atoms with van der Waals surface area (Å²) in [6.07, 6.45) is 0. The maximum Gasteiger partial charge on any atom is 0.337 e. The lowest BCUT2D eigenvalue weighted by molar-refractivity contribution is 0.0698. The Hall–Kier alpha value is -1.33. The molecule has 106 valence electrons. The molecule has 0 fully saturated rings. The number of hydrogen-bond acceptors (Lipinski definition) is 3. The summed E-state index contributed by atoms with van der Waals surface area (Å²) in [4.78, 5) is 13.8. The maximum atomic E-state index is 11.3. The fourth-order valence-electron chi connectivity index (χ4n) is 2.21. The van der Waals surface area contributed by atoms with Crippen molar-refractivity contribution in [3.63, 3.8) is 0 Å². The molecule has 1 atom stereocenters. The highest BCUT2D eigenvalue weighted by atomic mass is 79.9. The van der Waals surface area contributed by atoms with Crippen LogP contribution < -0.4 is 5.32 Å². The fraction of sp³-hybridized carbons (Fsp3) is 0.267. The average molecular weight is 354 g/mol. The van der Waals surface area contributed by atoms with Gasteiger partial charge in [-0.3, -0.25) is 0 Å². The van der Waals surface area contributed by atoms with E-state index in [2.05, 4.69) is 41.2 Å². The van der Waals surface area contributed by atoms with E-state index in [1.807, 2.05) is 6.92 Å².